The third-order valence-electron chi connectivity index (χ3n) is 12.6. The lowest BCUT2D eigenvalue weighted by Crippen LogP contribution is -2.75. The third kappa shape index (κ3) is 6.20. The van der Waals surface area contributed by atoms with E-state index in [2.05, 4.69) is 249 Å². The average Bonchev–Trinajstić information content (AvgIpc) is 3.72. The van der Waals surface area contributed by atoms with E-state index in [0.717, 1.165) is 33.7 Å². The molecule has 0 fully saturated rings. The van der Waals surface area contributed by atoms with Gasteiger partial charge in [0.05, 0.1) is 11.0 Å². The van der Waals surface area contributed by atoms with Crippen molar-refractivity contribution in [2.45, 2.75) is 13.8 Å². The predicted molar refractivity (Wildman–Crippen MR) is 265 cm³/mol. The van der Waals surface area contributed by atoms with Crippen LogP contribution >= 0.6 is 0 Å². The number of imidazole rings is 1. The highest BCUT2D eigenvalue weighted by molar-refractivity contribution is 7.21. The van der Waals surface area contributed by atoms with Crippen LogP contribution in [0.3, 0.4) is 0 Å². The second-order valence-electron chi connectivity index (χ2n) is 16.5. The molecule has 11 aromatic rings. The zero-order valence-corrected chi connectivity index (χ0v) is 35.8. The molecular weight excluding hydrogens is 765 g/mol. The van der Waals surface area contributed by atoms with Gasteiger partial charge in [-0.25, -0.2) is 4.98 Å². The molecular formula is C59H44N2Si. The van der Waals surface area contributed by atoms with Gasteiger partial charge in [0.2, 0.25) is 0 Å². The second kappa shape index (κ2) is 15.5. The molecule has 10 aromatic carbocycles. The Balaban J connectivity index is 1.22. The van der Waals surface area contributed by atoms with Crippen LogP contribution in [0.5, 0.6) is 0 Å². The lowest BCUT2D eigenvalue weighted by Gasteiger charge is -2.37. The molecule has 0 saturated carbocycles. The van der Waals surface area contributed by atoms with E-state index in [1.54, 1.807) is 0 Å². The van der Waals surface area contributed by atoms with Gasteiger partial charge in [-0.3, -0.25) is 4.57 Å². The highest BCUT2D eigenvalue weighted by Crippen LogP contribution is 2.40. The van der Waals surface area contributed by atoms with E-state index in [4.69, 9.17) is 4.98 Å². The molecule has 0 radical (unpaired) electrons. The van der Waals surface area contributed by atoms with Crippen LogP contribution in [0.25, 0.3) is 71.9 Å². The minimum atomic E-state index is -2.96. The van der Waals surface area contributed by atoms with Crippen LogP contribution in [0.2, 0.25) is 0 Å². The molecule has 0 amide bonds. The van der Waals surface area contributed by atoms with Crippen LogP contribution in [0.1, 0.15) is 11.1 Å². The fourth-order valence-electron chi connectivity index (χ4n) is 9.90. The highest BCUT2D eigenvalue weighted by atomic mass is 28.3. The number of benzene rings is 10. The van der Waals surface area contributed by atoms with Crippen LogP contribution in [-0.2, 0) is 0 Å². The molecule has 3 heteroatoms. The van der Waals surface area contributed by atoms with E-state index in [9.17, 15) is 0 Å². The van der Waals surface area contributed by atoms with Crippen LogP contribution in [0.15, 0.2) is 231 Å². The largest absolute Gasteiger partial charge is 0.292 e. The molecule has 0 N–H and O–H groups in total. The molecule has 0 atom stereocenters. The Morgan fingerprint density at radius 3 is 1.48 bits per heavy atom. The van der Waals surface area contributed by atoms with Crippen molar-refractivity contribution in [3.63, 3.8) is 0 Å². The normalized spacial score (nSPS) is 11.7. The first-order chi connectivity index (χ1) is 30.6. The Bertz CT molecular complexity index is 3300. The number of rotatable bonds is 8. The van der Waals surface area contributed by atoms with Crippen molar-refractivity contribution in [1.82, 2.24) is 9.55 Å². The minimum Gasteiger partial charge on any atom is -0.292 e. The van der Waals surface area contributed by atoms with E-state index in [1.165, 1.54) is 70.1 Å². The molecule has 0 saturated heterocycles. The van der Waals surface area contributed by atoms with Crippen molar-refractivity contribution >= 4 is 61.4 Å². The van der Waals surface area contributed by atoms with E-state index >= 15 is 0 Å². The fourth-order valence-corrected chi connectivity index (χ4v) is 15.1. The monoisotopic (exact) mass is 808 g/mol. The number of hydrogen-bond donors (Lipinski definition) is 0. The van der Waals surface area contributed by atoms with Crippen molar-refractivity contribution in [2.75, 3.05) is 0 Å². The Kier molecular flexibility index (Phi) is 9.33. The van der Waals surface area contributed by atoms with Gasteiger partial charge in [-0.1, -0.05) is 217 Å². The van der Waals surface area contributed by atoms with Gasteiger partial charge >= 0.3 is 0 Å². The van der Waals surface area contributed by atoms with Crippen LogP contribution in [0, 0.1) is 13.8 Å². The molecule has 0 aliphatic heterocycles. The Morgan fingerprint density at radius 1 is 0.371 bits per heavy atom. The van der Waals surface area contributed by atoms with Gasteiger partial charge in [-0.2, -0.15) is 0 Å². The van der Waals surface area contributed by atoms with Crippen molar-refractivity contribution in [3.05, 3.63) is 242 Å². The first-order valence-electron chi connectivity index (χ1n) is 21.5. The van der Waals surface area contributed by atoms with Crippen LogP contribution in [-0.4, -0.2) is 17.6 Å². The first-order valence-corrected chi connectivity index (χ1v) is 23.5. The van der Waals surface area contributed by atoms with E-state index < -0.39 is 8.07 Å². The summed E-state index contributed by atoms with van der Waals surface area (Å²) < 4.78 is 2.34. The smallest absolute Gasteiger partial charge is 0.180 e. The summed E-state index contributed by atoms with van der Waals surface area (Å²) in [7, 11) is -2.96. The van der Waals surface area contributed by atoms with Crippen LogP contribution in [0.4, 0.5) is 0 Å². The summed E-state index contributed by atoms with van der Waals surface area (Å²) in [5, 5.41) is 10.6. The Labute approximate surface area is 364 Å². The van der Waals surface area contributed by atoms with Gasteiger partial charge in [-0.15, -0.1) is 0 Å². The molecule has 62 heavy (non-hydrogen) atoms. The Hall–Kier alpha value is -7.59. The standard InChI is InChI=1S/C59H44N2Si/c1-41-32-35-52-53(37-41)57(46-23-18-24-47(39-46)61-56-36-33-45(43-19-8-3-9-20-43)40-55(56)60-59(61)44-21-10-4-11-22-44)51-34-31-42(2)38-54(51)58(52)62(48-25-12-5-13-26-48,49-27-14-6-15-28-49)50-29-16-7-17-30-50/h3-40H,1-2H3. The quantitative estimate of drug-likeness (QED) is 0.0849. The fraction of sp³-hybridized carbons (Fsp3) is 0.0339. The van der Waals surface area contributed by atoms with E-state index in [0.29, 0.717) is 0 Å². The summed E-state index contributed by atoms with van der Waals surface area (Å²) >= 11 is 0. The van der Waals surface area contributed by atoms with Crippen LogP contribution < -0.4 is 20.7 Å². The van der Waals surface area contributed by atoms with Gasteiger partial charge in [0.25, 0.3) is 0 Å². The molecule has 294 valence electrons. The molecule has 1 aromatic heterocycles. The van der Waals surface area contributed by atoms with Crippen molar-refractivity contribution < 1.29 is 0 Å². The lowest BCUT2D eigenvalue weighted by atomic mass is 9.90. The second-order valence-corrected chi connectivity index (χ2v) is 20.2. The molecule has 0 aliphatic rings. The lowest BCUT2D eigenvalue weighted by molar-refractivity contribution is 1.10. The summed E-state index contributed by atoms with van der Waals surface area (Å²) in [4.78, 5) is 5.36. The highest BCUT2D eigenvalue weighted by Gasteiger charge is 2.44. The van der Waals surface area contributed by atoms with Crippen molar-refractivity contribution in [3.8, 4) is 39.3 Å². The zero-order chi connectivity index (χ0) is 41.6. The maximum Gasteiger partial charge on any atom is 0.180 e. The number of aryl methyl sites for hydroxylation is 2. The molecule has 0 aliphatic carbocycles. The van der Waals surface area contributed by atoms with Crippen molar-refractivity contribution in [1.29, 1.82) is 0 Å². The topological polar surface area (TPSA) is 17.8 Å². The maximum absolute atomic E-state index is 5.36. The Morgan fingerprint density at radius 2 is 0.887 bits per heavy atom. The number of aromatic nitrogens is 2. The molecule has 0 spiro atoms. The minimum absolute atomic E-state index is 0.920. The molecule has 11 rings (SSSR count). The number of hydrogen-bond acceptors (Lipinski definition) is 1. The van der Waals surface area contributed by atoms with E-state index in [-0.39, 0.29) is 0 Å². The third-order valence-corrected chi connectivity index (χ3v) is 17.5. The number of nitrogens with zero attached hydrogens (tertiary/aromatic N) is 2. The van der Waals surface area contributed by atoms with Gasteiger partial charge in [0.1, 0.15) is 5.82 Å². The van der Waals surface area contributed by atoms with Gasteiger partial charge in [0.15, 0.2) is 8.07 Å². The van der Waals surface area contributed by atoms with Gasteiger partial charge in [-0.05, 0) is 103 Å². The summed E-state index contributed by atoms with van der Waals surface area (Å²) in [5.74, 6) is 0.920. The molecule has 2 nitrogen and oxygen atoms in total. The summed E-state index contributed by atoms with van der Waals surface area (Å²) in [6, 6.07) is 85.2. The SMILES string of the molecule is Cc1ccc2c([Si](c3ccccc3)(c3ccccc3)c3ccccc3)c3cc(C)ccc3c(-c3cccc(-n4c(-c5ccccc5)nc5cc(-c6ccccc6)ccc54)c3)c2c1. The zero-order valence-electron chi connectivity index (χ0n) is 34.8. The van der Waals surface area contributed by atoms with Gasteiger partial charge < -0.3 is 0 Å². The molecule has 0 bridgehead atoms. The first kappa shape index (κ1) is 37.4. The van der Waals surface area contributed by atoms with Gasteiger partial charge in [0, 0.05) is 11.3 Å². The summed E-state index contributed by atoms with van der Waals surface area (Å²) in [5.41, 5.74) is 11.4. The summed E-state index contributed by atoms with van der Waals surface area (Å²) in [6.07, 6.45) is 0. The molecule has 0 unspecified atom stereocenters. The summed E-state index contributed by atoms with van der Waals surface area (Å²) in [6.45, 7) is 4.46. The maximum atomic E-state index is 5.36. The molecule has 1 heterocycles. The number of fused-ring (bicyclic) bond motifs is 3. The predicted octanol–water partition coefficient (Wildman–Crippen LogP) is 12.3. The van der Waals surface area contributed by atoms with Crippen molar-refractivity contribution in [2.24, 2.45) is 0 Å². The van der Waals surface area contributed by atoms with E-state index in [1.807, 2.05) is 0 Å². The average molecular weight is 809 g/mol.